The SMILES string of the molecule is CCCCOc1ccc2ccccc2c1/C=C1\SC(=S)N(CC(=O)[O-])C1=O. The molecule has 1 aliphatic rings. The van der Waals surface area contributed by atoms with E-state index in [0.717, 1.165) is 45.8 Å². The van der Waals surface area contributed by atoms with Gasteiger partial charge in [-0.3, -0.25) is 9.69 Å². The Kier molecular flexibility index (Phi) is 6.13. The lowest BCUT2D eigenvalue weighted by Gasteiger charge is -2.14. The molecule has 0 atom stereocenters. The minimum Gasteiger partial charge on any atom is -0.548 e. The Morgan fingerprint density at radius 3 is 2.81 bits per heavy atom. The molecule has 1 saturated heterocycles. The zero-order chi connectivity index (χ0) is 19.4. The van der Waals surface area contributed by atoms with Gasteiger partial charge in [0.1, 0.15) is 10.1 Å². The molecule has 0 spiro atoms. The zero-order valence-corrected chi connectivity index (χ0v) is 16.4. The van der Waals surface area contributed by atoms with Gasteiger partial charge in [0.2, 0.25) is 0 Å². The molecular weight excluding hydrogens is 382 g/mol. The average molecular weight is 401 g/mol. The topological polar surface area (TPSA) is 69.7 Å². The summed E-state index contributed by atoms with van der Waals surface area (Å²) in [4.78, 5) is 24.9. The summed E-state index contributed by atoms with van der Waals surface area (Å²) in [6, 6.07) is 11.7. The van der Waals surface area contributed by atoms with Crippen LogP contribution in [-0.4, -0.2) is 34.2 Å². The summed E-state index contributed by atoms with van der Waals surface area (Å²) in [6.07, 6.45) is 3.68. The maximum absolute atomic E-state index is 12.6. The van der Waals surface area contributed by atoms with Crippen LogP contribution in [0.15, 0.2) is 41.3 Å². The first-order valence-electron chi connectivity index (χ1n) is 8.61. The second-order valence-electron chi connectivity index (χ2n) is 6.04. The number of hydrogen-bond acceptors (Lipinski definition) is 6. The van der Waals surface area contributed by atoms with Crippen molar-refractivity contribution in [1.29, 1.82) is 0 Å². The number of thiocarbonyl (C=S) groups is 1. The number of aliphatic carboxylic acids is 1. The third kappa shape index (κ3) is 4.31. The van der Waals surface area contributed by atoms with Gasteiger partial charge in [0.25, 0.3) is 5.91 Å². The van der Waals surface area contributed by atoms with Crippen molar-refractivity contribution in [3.05, 3.63) is 46.9 Å². The molecule has 140 valence electrons. The van der Waals surface area contributed by atoms with Crippen LogP contribution in [0.4, 0.5) is 0 Å². The summed E-state index contributed by atoms with van der Waals surface area (Å²) >= 11 is 6.24. The van der Waals surface area contributed by atoms with E-state index in [0.29, 0.717) is 17.3 Å². The summed E-state index contributed by atoms with van der Waals surface area (Å²) in [6.45, 7) is 2.13. The van der Waals surface area contributed by atoms with Crippen LogP contribution in [-0.2, 0) is 9.59 Å². The number of carbonyl (C=O) groups is 2. The predicted octanol–water partition coefficient (Wildman–Crippen LogP) is 2.97. The Morgan fingerprint density at radius 1 is 1.30 bits per heavy atom. The number of hydrogen-bond donors (Lipinski definition) is 0. The van der Waals surface area contributed by atoms with E-state index in [1.807, 2.05) is 36.4 Å². The van der Waals surface area contributed by atoms with E-state index >= 15 is 0 Å². The van der Waals surface area contributed by atoms with Gasteiger partial charge in [-0.05, 0) is 29.3 Å². The van der Waals surface area contributed by atoms with Gasteiger partial charge < -0.3 is 14.6 Å². The van der Waals surface area contributed by atoms with Gasteiger partial charge in [-0.15, -0.1) is 0 Å². The Morgan fingerprint density at radius 2 is 2.07 bits per heavy atom. The van der Waals surface area contributed by atoms with Crippen molar-refractivity contribution < 1.29 is 19.4 Å². The number of carboxylic acids is 1. The molecule has 0 aromatic heterocycles. The molecule has 0 aliphatic carbocycles. The molecule has 1 heterocycles. The fourth-order valence-electron chi connectivity index (χ4n) is 2.77. The van der Waals surface area contributed by atoms with Crippen molar-refractivity contribution in [1.82, 2.24) is 4.90 Å². The number of fused-ring (bicyclic) bond motifs is 1. The minimum atomic E-state index is -1.35. The van der Waals surface area contributed by atoms with Crippen LogP contribution in [0.3, 0.4) is 0 Å². The first-order valence-corrected chi connectivity index (χ1v) is 9.83. The monoisotopic (exact) mass is 400 g/mol. The van der Waals surface area contributed by atoms with Crippen LogP contribution in [0.25, 0.3) is 16.8 Å². The van der Waals surface area contributed by atoms with Gasteiger partial charge in [-0.25, -0.2) is 0 Å². The van der Waals surface area contributed by atoms with Gasteiger partial charge in [0, 0.05) is 5.56 Å². The Balaban J connectivity index is 2.03. The van der Waals surface area contributed by atoms with Gasteiger partial charge >= 0.3 is 0 Å². The van der Waals surface area contributed by atoms with E-state index in [1.165, 1.54) is 0 Å². The maximum Gasteiger partial charge on any atom is 0.266 e. The van der Waals surface area contributed by atoms with Gasteiger partial charge in [0.05, 0.1) is 24.0 Å². The second-order valence-corrected chi connectivity index (χ2v) is 7.72. The van der Waals surface area contributed by atoms with Crippen molar-refractivity contribution in [3.63, 3.8) is 0 Å². The zero-order valence-electron chi connectivity index (χ0n) is 14.8. The lowest BCUT2D eigenvalue weighted by atomic mass is 10.0. The molecule has 0 N–H and O–H groups in total. The van der Waals surface area contributed by atoms with Crippen LogP contribution < -0.4 is 9.84 Å². The van der Waals surface area contributed by atoms with Crippen LogP contribution >= 0.6 is 24.0 Å². The molecule has 0 bridgehead atoms. The van der Waals surface area contributed by atoms with Crippen molar-refractivity contribution in [2.45, 2.75) is 19.8 Å². The van der Waals surface area contributed by atoms with Crippen molar-refractivity contribution in [2.24, 2.45) is 0 Å². The number of carbonyl (C=O) groups excluding carboxylic acids is 2. The second kappa shape index (κ2) is 8.54. The quantitative estimate of drug-likeness (QED) is 0.404. The molecule has 2 aromatic rings. The molecule has 2 aromatic carbocycles. The van der Waals surface area contributed by atoms with Crippen LogP contribution in [0.1, 0.15) is 25.3 Å². The van der Waals surface area contributed by atoms with E-state index in [9.17, 15) is 14.7 Å². The Labute approximate surface area is 167 Å². The highest BCUT2D eigenvalue weighted by Crippen LogP contribution is 2.36. The fraction of sp³-hybridized carbons (Fsp3) is 0.250. The maximum atomic E-state index is 12.6. The highest BCUT2D eigenvalue weighted by Gasteiger charge is 2.32. The third-order valence-corrected chi connectivity index (χ3v) is 5.50. The number of amides is 1. The first kappa shape index (κ1) is 19.4. The third-order valence-electron chi connectivity index (χ3n) is 4.12. The van der Waals surface area contributed by atoms with Gasteiger partial charge in [-0.1, -0.05) is 67.7 Å². The number of nitrogens with zero attached hydrogens (tertiary/aromatic N) is 1. The smallest absolute Gasteiger partial charge is 0.266 e. The fourth-order valence-corrected chi connectivity index (χ4v) is 4.01. The minimum absolute atomic E-state index is 0.212. The molecule has 1 fully saturated rings. The highest BCUT2D eigenvalue weighted by molar-refractivity contribution is 8.26. The van der Waals surface area contributed by atoms with E-state index in [1.54, 1.807) is 6.08 Å². The number of carboxylic acid groups (broad SMARTS) is 1. The molecule has 0 unspecified atom stereocenters. The predicted molar refractivity (Wildman–Crippen MR) is 109 cm³/mol. The average Bonchev–Trinajstić information content (AvgIpc) is 2.90. The molecule has 7 heteroatoms. The number of benzene rings is 2. The molecule has 27 heavy (non-hydrogen) atoms. The molecule has 3 rings (SSSR count). The number of rotatable bonds is 7. The molecule has 1 amide bonds. The van der Waals surface area contributed by atoms with Crippen LogP contribution in [0, 0.1) is 0 Å². The number of ether oxygens (including phenoxy) is 1. The first-order chi connectivity index (χ1) is 13.0. The molecule has 1 aliphatic heterocycles. The standard InChI is InChI=1S/C20H19NO4S2/c1-2-3-10-25-16-9-8-13-6-4-5-7-14(13)15(16)11-17-19(24)21(12-18(22)23)20(26)27-17/h4-9,11H,2-3,10,12H2,1H3,(H,22,23)/p-1/b17-11-. The largest absolute Gasteiger partial charge is 0.548 e. The number of thioether (sulfide) groups is 1. The van der Waals surface area contributed by atoms with Crippen LogP contribution in [0.2, 0.25) is 0 Å². The van der Waals surface area contributed by atoms with Crippen molar-refractivity contribution in [2.75, 3.05) is 13.2 Å². The van der Waals surface area contributed by atoms with E-state index in [2.05, 4.69) is 6.92 Å². The summed E-state index contributed by atoms with van der Waals surface area (Å²) in [7, 11) is 0. The molecule has 0 radical (unpaired) electrons. The molecular formula is C20H18NO4S2-. The summed E-state index contributed by atoms with van der Waals surface area (Å²) in [5.74, 6) is -1.09. The molecule has 0 saturated carbocycles. The normalized spacial score (nSPS) is 15.7. The summed E-state index contributed by atoms with van der Waals surface area (Å²) < 4.78 is 6.15. The molecule has 5 nitrogen and oxygen atoms in total. The van der Waals surface area contributed by atoms with Gasteiger partial charge in [0.15, 0.2) is 0 Å². The Hall–Kier alpha value is -2.38. The lowest BCUT2D eigenvalue weighted by molar-refractivity contribution is -0.305. The summed E-state index contributed by atoms with van der Waals surface area (Å²) in [5.41, 5.74) is 0.790. The number of unbranched alkanes of at least 4 members (excludes halogenated alkanes) is 1. The van der Waals surface area contributed by atoms with E-state index in [4.69, 9.17) is 17.0 Å². The van der Waals surface area contributed by atoms with Crippen molar-refractivity contribution >= 4 is 57.0 Å². The van der Waals surface area contributed by atoms with E-state index < -0.39 is 18.4 Å². The van der Waals surface area contributed by atoms with E-state index in [-0.39, 0.29) is 4.32 Å². The Bertz CT molecular complexity index is 939. The summed E-state index contributed by atoms with van der Waals surface area (Å²) in [5, 5.41) is 12.9. The van der Waals surface area contributed by atoms with Crippen LogP contribution in [0.5, 0.6) is 5.75 Å². The highest BCUT2D eigenvalue weighted by atomic mass is 32.2. The van der Waals surface area contributed by atoms with Crippen molar-refractivity contribution in [3.8, 4) is 5.75 Å². The lowest BCUT2D eigenvalue weighted by Crippen LogP contribution is -2.40. The van der Waals surface area contributed by atoms with Gasteiger partial charge in [-0.2, -0.15) is 0 Å².